The molecule has 1 aromatic carbocycles. The lowest BCUT2D eigenvalue weighted by molar-refractivity contribution is 0.0760. The Morgan fingerprint density at radius 3 is 2.92 bits per heavy atom. The minimum Gasteiger partial charge on any atom is -0.339 e. The van der Waals surface area contributed by atoms with Gasteiger partial charge >= 0.3 is 0 Å². The first-order chi connectivity index (χ1) is 11.6. The highest BCUT2D eigenvalue weighted by molar-refractivity contribution is 7.71. The molecular weight excluding hydrogens is 322 g/mol. The molecule has 24 heavy (non-hydrogen) atoms. The number of likely N-dealkylation sites (tertiary alicyclic amines) is 1. The highest BCUT2D eigenvalue weighted by Gasteiger charge is 2.21. The molecule has 1 unspecified atom stereocenters. The Bertz CT molecular complexity index is 855. The summed E-state index contributed by atoms with van der Waals surface area (Å²) in [6.07, 6.45) is 5.80. The Kier molecular flexibility index (Phi) is 5.14. The van der Waals surface area contributed by atoms with Gasteiger partial charge in [-0.3, -0.25) is 14.6 Å². The first-order valence-electron chi connectivity index (χ1n) is 8.64. The largest absolute Gasteiger partial charge is 0.339 e. The maximum absolute atomic E-state index is 12.8. The Morgan fingerprint density at radius 1 is 1.29 bits per heavy atom. The van der Waals surface area contributed by atoms with Crippen molar-refractivity contribution in [3.05, 3.63) is 38.9 Å². The van der Waals surface area contributed by atoms with Gasteiger partial charge in [0.15, 0.2) is 4.77 Å². The average Bonchev–Trinajstić information content (AvgIpc) is 2.79. The first kappa shape index (κ1) is 16.9. The third kappa shape index (κ3) is 3.59. The van der Waals surface area contributed by atoms with Crippen LogP contribution in [0.5, 0.6) is 0 Å². The molecule has 2 N–H and O–H groups in total. The van der Waals surface area contributed by atoms with Crippen molar-refractivity contribution in [3.8, 4) is 0 Å². The number of aromatic amines is 2. The number of carbonyl (C=O) groups excluding carboxylic acids is 1. The van der Waals surface area contributed by atoms with Crippen molar-refractivity contribution < 1.29 is 4.79 Å². The Morgan fingerprint density at radius 2 is 2.12 bits per heavy atom. The molecule has 1 saturated heterocycles. The summed E-state index contributed by atoms with van der Waals surface area (Å²) in [7, 11) is 0. The van der Waals surface area contributed by atoms with E-state index in [2.05, 4.69) is 16.9 Å². The van der Waals surface area contributed by atoms with Crippen molar-refractivity contribution in [2.45, 2.75) is 39.0 Å². The molecule has 1 fully saturated rings. The van der Waals surface area contributed by atoms with Crippen LogP contribution >= 0.6 is 12.2 Å². The molecule has 1 aromatic heterocycles. The van der Waals surface area contributed by atoms with Gasteiger partial charge in [0.1, 0.15) is 0 Å². The van der Waals surface area contributed by atoms with Crippen molar-refractivity contribution in [2.24, 2.45) is 5.92 Å². The van der Waals surface area contributed by atoms with E-state index in [1.54, 1.807) is 18.2 Å². The van der Waals surface area contributed by atoms with Gasteiger partial charge in [0.05, 0.1) is 10.9 Å². The summed E-state index contributed by atoms with van der Waals surface area (Å²) >= 11 is 5.01. The smallest absolute Gasteiger partial charge is 0.259 e. The van der Waals surface area contributed by atoms with E-state index in [1.165, 1.54) is 19.3 Å². The number of hydrogen-bond acceptors (Lipinski definition) is 3. The molecule has 1 aliphatic heterocycles. The van der Waals surface area contributed by atoms with Crippen LogP contribution < -0.4 is 5.56 Å². The quantitative estimate of drug-likeness (QED) is 0.835. The van der Waals surface area contributed by atoms with Crippen LogP contribution in [0.15, 0.2) is 23.0 Å². The number of rotatable bonds is 3. The monoisotopic (exact) mass is 345 g/mol. The zero-order valence-electron chi connectivity index (χ0n) is 13.9. The van der Waals surface area contributed by atoms with E-state index in [9.17, 15) is 9.59 Å². The van der Waals surface area contributed by atoms with Gasteiger partial charge in [0, 0.05) is 18.7 Å². The lowest BCUT2D eigenvalue weighted by Crippen LogP contribution is -2.32. The fraction of sp³-hybridized carbons (Fsp3) is 0.500. The van der Waals surface area contributed by atoms with E-state index in [0.29, 0.717) is 16.5 Å². The molecule has 0 aliphatic carbocycles. The Balaban J connectivity index is 1.83. The number of carbonyl (C=O) groups is 1. The van der Waals surface area contributed by atoms with Crippen LogP contribution in [0, 0.1) is 10.7 Å². The zero-order valence-corrected chi connectivity index (χ0v) is 14.7. The number of benzene rings is 1. The van der Waals surface area contributed by atoms with Crippen LogP contribution in [0.25, 0.3) is 10.9 Å². The molecule has 2 heterocycles. The third-order valence-corrected chi connectivity index (χ3v) is 5.02. The fourth-order valence-corrected chi connectivity index (χ4v) is 3.75. The average molecular weight is 345 g/mol. The number of fused-ring (bicyclic) bond motifs is 1. The Labute approximate surface area is 146 Å². The van der Waals surface area contributed by atoms with Crippen molar-refractivity contribution in [1.29, 1.82) is 0 Å². The SMILES string of the molecule is CCCC1CCCN(C(=O)c2ccc3c(=O)[nH]c(=S)[nH]c3c2)CC1. The molecule has 3 rings (SSSR count). The van der Waals surface area contributed by atoms with Gasteiger partial charge in [-0.2, -0.15) is 0 Å². The predicted octanol–water partition coefficient (Wildman–Crippen LogP) is 3.63. The van der Waals surface area contributed by atoms with Gasteiger partial charge < -0.3 is 9.88 Å². The number of nitrogens with zero attached hydrogens (tertiary/aromatic N) is 1. The van der Waals surface area contributed by atoms with E-state index in [-0.39, 0.29) is 16.2 Å². The molecule has 6 heteroatoms. The van der Waals surface area contributed by atoms with E-state index < -0.39 is 0 Å². The highest BCUT2D eigenvalue weighted by Crippen LogP contribution is 2.23. The van der Waals surface area contributed by atoms with Crippen LogP contribution in [0.1, 0.15) is 49.4 Å². The van der Waals surface area contributed by atoms with E-state index in [0.717, 1.165) is 31.8 Å². The van der Waals surface area contributed by atoms with Crippen LogP contribution in [0.3, 0.4) is 0 Å². The molecule has 5 nitrogen and oxygen atoms in total. The third-order valence-electron chi connectivity index (χ3n) is 4.82. The second-order valence-electron chi connectivity index (χ2n) is 6.55. The highest BCUT2D eigenvalue weighted by atomic mass is 32.1. The van der Waals surface area contributed by atoms with Gasteiger partial charge in [-0.15, -0.1) is 0 Å². The van der Waals surface area contributed by atoms with E-state index in [1.807, 2.05) is 4.90 Å². The van der Waals surface area contributed by atoms with Crippen LogP contribution in [-0.2, 0) is 0 Å². The summed E-state index contributed by atoms with van der Waals surface area (Å²) in [6, 6.07) is 5.15. The summed E-state index contributed by atoms with van der Waals surface area (Å²) in [4.78, 5) is 32.2. The van der Waals surface area contributed by atoms with E-state index >= 15 is 0 Å². The second kappa shape index (κ2) is 7.30. The first-order valence-corrected chi connectivity index (χ1v) is 9.05. The van der Waals surface area contributed by atoms with Crippen molar-refractivity contribution in [3.63, 3.8) is 0 Å². The maximum atomic E-state index is 12.8. The standard InChI is InChI=1S/C18H23N3O2S/c1-2-4-12-5-3-9-21(10-8-12)17(23)13-6-7-14-15(11-13)19-18(24)20-16(14)22/h6-7,11-12H,2-5,8-10H2,1H3,(H2,19,20,22,24). The van der Waals surface area contributed by atoms with Crippen LogP contribution in [0.2, 0.25) is 0 Å². The fourth-order valence-electron chi connectivity index (χ4n) is 3.55. The minimum absolute atomic E-state index is 0.0358. The summed E-state index contributed by atoms with van der Waals surface area (Å²) < 4.78 is 0.272. The number of H-pyrrole nitrogens is 2. The van der Waals surface area contributed by atoms with Gasteiger partial charge in [-0.05, 0) is 55.6 Å². The number of nitrogens with one attached hydrogen (secondary N) is 2. The molecule has 1 aliphatic rings. The van der Waals surface area contributed by atoms with Gasteiger partial charge in [0.25, 0.3) is 11.5 Å². The molecule has 0 bridgehead atoms. The number of aromatic nitrogens is 2. The van der Waals surface area contributed by atoms with Crippen molar-refractivity contribution >= 4 is 29.0 Å². The van der Waals surface area contributed by atoms with Crippen LogP contribution in [0.4, 0.5) is 0 Å². The molecule has 1 atom stereocenters. The lowest BCUT2D eigenvalue weighted by Gasteiger charge is -2.21. The minimum atomic E-state index is -0.232. The molecular formula is C18H23N3O2S. The summed E-state index contributed by atoms with van der Waals surface area (Å²) in [5.74, 6) is 0.771. The predicted molar refractivity (Wildman–Crippen MR) is 97.9 cm³/mol. The molecule has 0 spiro atoms. The van der Waals surface area contributed by atoms with Gasteiger partial charge in [-0.1, -0.05) is 19.8 Å². The molecule has 0 saturated carbocycles. The lowest BCUT2D eigenvalue weighted by atomic mass is 9.96. The topological polar surface area (TPSA) is 69.0 Å². The van der Waals surface area contributed by atoms with E-state index in [4.69, 9.17) is 12.2 Å². The van der Waals surface area contributed by atoms with Gasteiger partial charge in [0.2, 0.25) is 0 Å². The Hall–Kier alpha value is -1.95. The van der Waals surface area contributed by atoms with Crippen molar-refractivity contribution in [2.75, 3.05) is 13.1 Å². The molecule has 2 aromatic rings. The normalized spacial score (nSPS) is 18.5. The second-order valence-corrected chi connectivity index (χ2v) is 6.95. The summed E-state index contributed by atoms with van der Waals surface area (Å²) in [5.41, 5.74) is 0.978. The van der Waals surface area contributed by atoms with Gasteiger partial charge in [-0.25, -0.2) is 0 Å². The zero-order chi connectivity index (χ0) is 17.1. The summed E-state index contributed by atoms with van der Waals surface area (Å²) in [6.45, 7) is 3.84. The summed E-state index contributed by atoms with van der Waals surface area (Å²) in [5, 5.41) is 0.513. The molecule has 0 radical (unpaired) electrons. The molecule has 128 valence electrons. The van der Waals surface area contributed by atoms with Crippen LogP contribution in [-0.4, -0.2) is 33.9 Å². The number of hydrogen-bond donors (Lipinski definition) is 2. The number of amides is 1. The van der Waals surface area contributed by atoms with Crippen molar-refractivity contribution in [1.82, 2.24) is 14.9 Å². The molecule has 1 amide bonds. The maximum Gasteiger partial charge on any atom is 0.259 e.